The van der Waals surface area contributed by atoms with Crippen LogP contribution in [0.25, 0.3) is 0 Å². The molecule has 1 heterocycles. The van der Waals surface area contributed by atoms with Gasteiger partial charge in [-0.2, -0.15) is 0 Å². The van der Waals surface area contributed by atoms with E-state index in [4.69, 9.17) is 9.47 Å². The number of ketones is 1. The molecule has 6 nitrogen and oxygen atoms in total. The summed E-state index contributed by atoms with van der Waals surface area (Å²) in [5.41, 5.74) is 1.75. The van der Waals surface area contributed by atoms with E-state index in [-0.39, 0.29) is 17.2 Å². The second-order valence-corrected chi connectivity index (χ2v) is 11.4. The maximum atomic E-state index is 13.9. The van der Waals surface area contributed by atoms with Gasteiger partial charge in [0.25, 0.3) is 0 Å². The molecule has 5 atom stereocenters. The van der Waals surface area contributed by atoms with Gasteiger partial charge in [-0.05, 0) is 81.3 Å². The van der Waals surface area contributed by atoms with Crippen LogP contribution in [0.1, 0.15) is 72.6 Å². The number of carbonyl (C=O) groups excluding carboxylic acids is 2. The first-order valence-corrected chi connectivity index (χ1v) is 13.5. The number of benzene rings is 1. The number of anilines is 1. The monoisotopic (exact) mass is 480 g/mol. The highest BCUT2D eigenvalue weighted by atomic mass is 16.5. The number of nitrogens with zero attached hydrogens (tertiary/aromatic N) is 1. The van der Waals surface area contributed by atoms with E-state index >= 15 is 0 Å². The molecule has 0 unspecified atom stereocenters. The minimum atomic E-state index is -0.185. The maximum Gasteiger partial charge on any atom is 0.326 e. The van der Waals surface area contributed by atoms with Crippen LogP contribution in [-0.2, 0) is 4.79 Å². The third-order valence-electron chi connectivity index (χ3n) is 9.54. The summed E-state index contributed by atoms with van der Waals surface area (Å²) in [6.07, 6.45) is 9.47. The van der Waals surface area contributed by atoms with Crippen molar-refractivity contribution in [3.05, 3.63) is 30.0 Å². The predicted octanol–water partition coefficient (Wildman–Crippen LogP) is 6.42. The summed E-state index contributed by atoms with van der Waals surface area (Å²) in [6, 6.07) is 5.34. The van der Waals surface area contributed by atoms with E-state index in [9.17, 15) is 9.59 Å². The van der Waals surface area contributed by atoms with Crippen LogP contribution in [-0.4, -0.2) is 36.5 Å². The van der Waals surface area contributed by atoms with Gasteiger partial charge in [-0.15, -0.1) is 0 Å². The molecule has 3 fully saturated rings. The molecule has 0 radical (unpaired) electrons. The molecule has 2 amide bonds. The summed E-state index contributed by atoms with van der Waals surface area (Å²) in [7, 11) is 0. The highest BCUT2D eigenvalue weighted by Gasteiger charge is 2.58. The van der Waals surface area contributed by atoms with Gasteiger partial charge in [0.15, 0.2) is 5.78 Å². The first-order chi connectivity index (χ1) is 16.8. The lowest BCUT2D eigenvalue weighted by Crippen LogP contribution is -2.59. The van der Waals surface area contributed by atoms with E-state index in [1.807, 2.05) is 36.9 Å². The lowest BCUT2D eigenvalue weighted by Gasteiger charge is -2.59. The number of carbonyl (C=O) groups is 2. The second kappa shape index (κ2) is 9.18. The van der Waals surface area contributed by atoms with E-state index in [0.717, 1.165) is 12.1 Å². The third-order valence-corrected chi connectivity index (χ3v) is 9.54. The Morgan fingerprint density at radius 3 is 2.66 bits per heavy atom. The number of ether oxygens (including phenoxy) is 2. The van der Waals surface area contributed by atoms with E-state index in [1.54, 1.807) is 6.08 Å². The highest BCUT2D eigenvalue weighted by molar-refractivity contribution is 5.96. The van der Waals surface area contributed by atoms with Crippen LogP contribution in [0.15, 0.2) is 30.0 Å². The van der Waals surface area contributed by atoms with Gasteiger partial charge in [0.05, 0.1) is 18.9 Å². The van der Waals surface area contributed by atoms with Crippen LogP contribution >= 0.6 is 0 Å². The average molecular weight is 481 g/mol. The molecule has 1 aliphatic heterocycles. The average Bonchev–Trinajstić information content (AvgIpc) is 3.23. The first kappa shape index (κ1) is 24.2. The quantitative estimate of drug-likeness (QED) is 0.528. The number of fused-ring (bicyclic) bond motifs is 5. The van der Waals surface area contributed by atoms with E-state index in [1.165, 1.54) is 32.1 Å². The van der Waals surface area contributed by atoms with Gasteiger partial charge in [-0.1, -0.05) is 20.3 Å². The van der Waals surface area contributed by atoms with E-state index in [0.29, 0.717) is 66.5 Å². The fourth-order valence-corrected chi connectivity index (χ4v) is 7.82. The molecular formula is C29H40N2O4. The Kier molecular flexibility index (Phi) is 6.35. The zero-order valence-corrected chi connectivity index (χ0v) is 21.7. The van der Waals surface area contributed by atoms with Gasteiger partial charge in [-0.3, -0.25) is 9.69 Å². The molecule has 35 heavy (non-hydrogen) atoms. The lowest BCUT2D eigenvalue weighted by atomic mass is 9.50. The zero-order chi connectivity index (χ0) is 24.8. The Hall–Kier alpha value is -2.50. The first-order valence-electron chi connectivity index (χ1n) is 13.5. The van der Waals surface area contributed by atoms with Crippen LogP contribution in [0.5, 0.6) is 11.5 Å². The summed E-state index contributed by atoms with van der Waals surface area (Å²) in [4.78, 5) is 28.4. The maximum absolute atomic E-state index is 13.9. The Morgan fingerprint density at radius 2 is 1.89 bits per heavy atom. The predicted molar refractivity (Wildman–Crippen MR) is 137 cm³/mol. The number of rotatable bonds is 5. The molecule has 5 rings (SSSR count). The fourth-order valence-electron chi connectivity index (χ4n) is 7.82. The fraction of sp³-hybridized carbons (Fsp3) is 0.655. The summed E-state index contributed by atoms with van der Waals surface area (Å²) < 4.78 is 11.5. The number of nitrogens with one attached hydrogen (secondary N) is 1. The van der Waals surface area contributed by atoms with Crippen LogP contribution in [0, 0.1) is 28.6 Å². The number of urea groups is 1. The molecule has 1 aromatic carbocycles. The van der Waals surface area contributed by atoms with Gasteiger partial charge in [0.2, 0.25) is 0 Å². The summed E-state index contributed by atoms with van der Waals surface area (Å²) in [5.74, 6) is 3.09. The molecule has 6 heteroatoms. The SMILES string of the molecule is CCOc1ccc(OCC)c(NC(=O)N2C[C@H]3[C@@H]4CCC[C@@]4(C)CC[C@@H]3[C@@]3(C)CCC(=O)C=C23)c1. The summed E-state index contributed by atoms with van der Waals surface area (Å²) in [6.45, 7) is 10.4. The number of hydrogen-bond acceptors (Lipinski definition) is 4. The van der Waals surface area contributed by atoms with Gasteiger partial charge in [0.1, 0.15) is 11.5 Å². The minimum absolute atomic E-state index is 0.128. The van der Waals surface area contributed by atoms with E-state index < -0.39 is 0 Å². The summed E-state index contributed by atoms with van der Waals surface area (Å²) >= 11 is 0. The highest BCUT2D eigenvalue weighted by Crippen LogP contribution is 2.64. The Morgan fingerprint density at radius 1 is 1.09 bits per heavy atom. The zero-order valence-electron chi connectivity index (χ0n) is 21.7. The van der Waals surface area contributed by atoms with E-state index in [2.05, 4.69) is 19.2 Å². The second-order valence-electron chi connectivity index (χ2n) is 11.4. The Balaban J connectivity index is 1.49. The lowest BCUT2D eigenvalue weighted by molar-refractivity contribution is -0.118. The molecule has 4 aliphatic rings. The van der Waals surface area contributed by atoms with Crippen molar-refractivity contribution in [1.29, 1.82) is 0 Å². The molecular weight excluding hydrogens is 440 g/mol. The molecule has 0 bridgehead atoms. The van der Waals surface area contributed by atoms with Crippen molar-refractivity contribution in [3.63, 3.8) is 0 Å². The molecule has 1 aromatic rings. The number of hydrogen-bond donors (Lipinski definition) is 1. The van der Waals surface area contributed by atoms with Crippen LogP contribution in [0.3, 0.4) is 0 Å². The number of likely N-dealkylation sites (tertiary alicyclic amines) is 1. The normalized spacial score (nSPS) is 33.8. The van der Waals surface area contributed by atoms with Crippen LogP contribution in [0.4, 0.5) is 10.5 Å². The molecule has 1 saturated heterocycles. The standard InChI is InChI=1S/C29H40N2O4/c1-5-34-20-9-10-25(35-6-2)24(17-20)30-27(33)31-18-21-22-8-7-13-28(22,3)14-12-23(21)29(4)15-11-19(32)16-26(29)31/h9-10,16-17,21-23H,5-8,11-15,18H2,1-4H3,(H,30,33)/t21-,22-,23-,28-,29+/m0/s1. The van der Waals surface area contributed by atoms with Crippen molar-refractivity contribution >= 4 is 17.5 Å². The van der Waals surface area contributed by atoms with Crippen molar-refractivity contribution in [2.75, 3.05) is 25.1 Å². The molecule has 0 aromatic heterocycles. The number of amides is 2. The number of allylic oxidation sites excluding steroid dienone is 2. The molecule has 1 N–H and O–H groups in total. The van der Waals surface area contributed by atoms with Gasteiger partial charge in [0, 0.05) is 36.2 Å². The molecule has 0 spiro atoms. The van der Waals surface area contributed by atoms with Crippen LogP contribution < -0.4 is 14.8 Å². The minimum Gasteiger partial charge on any atom is -0.494 e. The Bertz CT molecular complexity index is 1040. The topological polar surface area (TPSA) is 67.9 Å². The van der Waals surface area contributed by atoms with Gasteiger partial charge >= 0.3 is 6.03 Å². The smallest absolute Gasteiger partial charge is 0.326 e. The largest absolute Gasteiger partial charge is 0.494 e. The molecule has 2 saturated carbocycles. The summed E-state index contributed by atoms with van der Waals surface area (Å²) in [5, 5.41) is 3.12. The van der Waals surface area contributed by atoms with Gasteiger partial charge < -0.3 is 14.8 Å². The van der Waals surface area contributed by atoms with Crippen molar-refractivity contribution in [3.8, 4) is 11.5 Å². The van der Waals surface area contributed by atoms with Crippen molar-refractivity contribution in [2.45, 2.75) is 72.6 Å². The van der Waals surface area contributed by atoms with Gasteiger partial charge in [-0.25, -0.2) is 4.79 Å². The molecule has 190 valence electrons. The third kappa shape index (κ3) is 4.13. The molecule has 3 aliphatic carbocycles. The van der Waals surface area contributed by atoms with Crippen molar-refractivity contribution in [2.24, 2.45) is 28.6 Å². The van der Waals surface area contributed by atoms with Crippen molar-refractivity contribution < 1.29 is 19.1 Å². The number of piperidine rings is 1. The van der Waals surface area contributed by atoms with Crippen molar-refractivity contribution in [1.82, 2.24) is 4.90 Å². The van der Waals surface area contributed by atoms with Crippen LogP contribution in [0.2, 0.25) is 0 Å². The Labute approximate surface area is 209 Å².